The molecular weight excluding hydrogens is 488 g/mol. The molecule has 0 atom stereocenters. The van der Waals surface area contributed by atoms with Gasteiger partial charge < -0.3 is 25.5 Å². The number of carboxylic acids is 3. The van der Waals surface area contributed by atoms with Crippen LogP contribution in [0.2, 0.25) is 0 Å². The summed E-state index contributed by atoms with van der Waals surface area (Å²) in [5, 5.41) is 48.0. The van der Waals surface area contributed by atoms with E-state index in [2.05, 4.69) is 15.9 Å². The average Bonchev–Trinajstić information content (AvgIpc) is 2.72. The molecule has 2 aromatic rings. The Labute approximate surface area is 188 Å². The average molecular weight is 501 g/mol. The van der Waals surface area contributed by atoms with Gasteiger partial charge in [0.1, 0.15) is 28.2 Å². The number of aromatic hydroxyl groups is 2. The Morgan fingerprint density at radius 2 is 1.41 bits per heavy atom. The van der Waals surface area contributed by atoms with E-state index in [0.717, 1.165) is 30.4 Å². The number of hydrogen-bond donors (Lipinski definition) is 5. The van der Waals surface area contributed by atoms with Crippen LogP contribution in [0.25, 0.3) is 5.57 Å². The first-order valence-electron chi connectivity index (χ1n) is 8.75. The Balaban J connectivity index is 2.42. The highest BCUT2D eigenvalue weighted by molar-refractivity contribution is 9.10. The van der Waals surface area contributed by atoms with Gasteiger partial charge in [-0.1, -0.05) is 12.1 Å². The van der Waals surface area contributed by atoms with Crippen LogP contribution in [0, 0.1) is 0 Å². The molecule has 1 aliphatic rings. The van der Waals surface area contributed by atoms with Crippen molar-refractivity contribution in [1.29, 1.82) is 0 Å². The summed E-state index contributed by atoms with van der Waals surface area (Å²) in [7, 11) is 0. The third-order valence-electron chi connectivity index (χ3n) is 4.60. The smallest absolute Gasteiger partial charge is 0.339 e. The number of hydrogen-bond acceptors (Lipinski definition) is 6. The highest BCUT2D eigenvalue weighted by atomic mass is 79.9. The maximum Gasteiger partial charge on any atom is 0.339 e. The number of ketones is 1. The second-order valence-electron chi connectivity index (χ2n) is 6.59. The topological polar surface area (TPSA) is 169 Å². The van der Waals surface area contributed by atoms with Crippen molar-refractivity contribution in [3.63, 3.8) is 0 Å². The van der Waals surface area contributed by atoms with Gasteiger partial charge in [-0.25, -0.2) is 14.4 Å². The summed E-state index contributed by atoms with van der Waals surface area (Å²) in [6.45, 7) is 0. The Bertz CT molecular complexity index is 1300. The molecule has 0 saturated heterocycles. The molecule has 0 radical (unpaired) electrons. The van der Waals surface area contributed by atoms with Gasteiger partial charge in [-0.05, 0) is 74.6 Å². The van der Waals surface area contributed by atoms with Crippen LogP contribution in [-0.2, 0) is 9.59 Å². The van der Waals surface area contributed by atoms with E-state index in [4.69, 9.17) is 0 Å². The first-order chi connectivity index (χ1) is 15.0. The van der Waals surface area contributed by atoms with Crippen LogP contribution in [-0.4, -0.2) is 49.2 Å². The molecule has 10 heteroatoms. The number of carboxylic acid groups (broad SMARTS) is 3. The van der Waals surface area contributed by atoms with Gasteiger partial charge in [-0.3, -0.25) is 4.79 Å². The van der Waals surface area contributed by atoms with Crippen molar-refractivity contribution >= 4 is 45.2 Å². The zero-order chi connectivity index (χ0) is 23.7. The van der Waals surface area contributed by atoms with Crippen molar-refractivity contribution in [2.45, 2.75) is 0 Å². The normalized spacial score (nSPS) is 14.7. The predicted octanol–water partition coefficient (Wildman–Crippen LogP) is 3.21. The quantitative estimate of drug-likeness (QED) is 0.386. The van der Waals surface area contributed by atoms with E-state index in [1.165, 1.54) is 18.2 Å². The van der Waals surface area contributed by atoms with Gasteiger partial charge in [0.15, 0.2) is 5.78 Å². The minimum absolute atomic E-state index is 0.0149. The lowest BCUT2D eigenvalue weighted by molar-refractivity contribution is -0.134. The molecule has 0 saturated carbocycles. The van der Waals surface area contributed by atoms with Crippen molar-refractivity contribution in [3.05, 3.63) is 86.4 Å². The molecular formula is C22H13BrO9. The molecule has 0 aromatic heterocycles. The first-order valence-corrected chi connectivity index (χ1v) is 9.55. The number of carbonyl (C=O) groups excluding carboxylic acids is 1. The number of carbonyl (C=O) groups is 4. The molecule has 0 amide bonds. The molecule has 0 bridgehead atoms. The minimum Gasteiger partial charge on any atom is -0.507 e. The number of halogens is 1. The summed E-state index contributed by atoms with van der Waals surface area (Å²) in [4.78, 5) is 46.5. The van der Waals surface area contributed by atoms with Gasteiger partial charge in [0.2, 0.25) is 0 Å². The maximum absolute atomic E-state index is 11.9. The van der Waals surface area contributed by atoms with Gasteiger partial charge >= 0.3 is 17.9 Å². The van der Waals surface area contributed by atoms with Crippen LogP contribution in [0.4, 0.5) is 0 Å². The third-order valence-corrected chi connectivity index (χ3v) is 5.20. The fourth-order valence-corrected chi connectivity index (χ4v) is 3.58. The molecule has 0 spiro atoms. The highest BCUT2D eigenvalue weighted by Crippen LogP contribution is 2.38. The van der Waals surface area contributed by atoms with Gasteiger partial charge in [-0.2, -0.15) is 0 Å². The number of benzene rings is 2. The molecule has 0 heterocycles. The Kier molecular flexibility index (Phi) is 5.99. The summed E-state index contributed by atoms with van der Waals surface area (Å²) < 4.78 is 0.0149. The zero-order valence-corrected chi connectivity index (χ0v) is 17.5. The lowest BCUT2D eigenvalue weighted by Crippen LogP contribution is -2.13. The van der Waals surface area contributed by atoms with Crippen LogP contribution in [0.3, 0.4) is 0 Å². The van der Waals surface area contributed by atoms with E-state index in [-0.39, 0.29) is 26.7 Å². The molecule has 3 rings (SSSR count). The van der Waals surface area contributed by atoms with E-state index in [0.29, 0.717) is 0 Å². The summed E-state index contributed by atoms with van der Waals surface area (Å²) in [6, 6.07) is 6.07. The van der Waals surface area contributed by atoms with E-state index < -0.39 is 51.9 Å². The summed E-state index contributed by atoms with van der Waals surface area (Å²) in [6.07, 6.45) is 3.40. The van der Waals surface area contributed by atoms with Crippen LogP contribution in [0.1, 0.15) is 31.8 Å². The van der Waals surface area contributed by atoms with Gasteiger partial charge in [0.05, 0.1) is 4.47 Å². The molecule has 32 heavy (non-hydrogen) atoms. The largest absolute Gasteiger partial charge is 0.507 e. The monoisotopic (exact) mass is 500 g/mol. The van der Waals surface area contributed by atoms with E-state index in [9.17, 15) is 44.7 Å². The van der Waals surface area contributed by atoms with E-state index in [1.54, 1.807) is 0 Å². The lowest BCUT2D eigenvalue weighted by Gasteiger charge is -2.17. The highest BCUT2D eigenvalue weighted by Gasteiger charge is 2.24. The first kappa shape index (κ1) is 22.5. The van der Waals surface area contributed by atoms with Crippen molar-refractivity contribution in [2.75, 3.05) is 0 Å². The fraction of sp³-hybridized carbons (Fsp3) is 0. The molecule has 162 valence electrons. The van der Waals surface area contributed by atoms with Crippen LogP contribution < -0.4 is 0 Å². The second-order valence-corrected chi connectivity index (χ2v) is 7.44. The number of rotatable bonds is 5. The molecule has 0 aliphatic heterocycles. The van der Waals surface area contributed by atoms with Crippen molar-refractivity contribution in [3.8, 4) is 11.5 Å². The van der Waals surface area contributed by atoms with Crippen LogP contribution in [0.5, 0.6) is 11.5 Å². The fourth-order valence-electron chi connectivity index (χ4n) is 3.12. The lowest BCUT2D eigenvalue weighted by atomic mass is 9.87. The molecule has 1 aliphatic carbocycles. The number of phenols is 2. The Hall–Kier alpha value is -4.18. The zero-order valence-electron chi connectivity index (χ0n) is 15.9. The van der Waals surface area contributed by atoms with Crippen molar-refractivity contribution < 1.29 is 44.7 Å². The number of allylic oxidation sites excluding steroid dienone is 4. The predicted molar refractivity (Wildman–Crippen MR) is 114 cm³/mol. The minimum atomic E-state index is -1.48. The van der Waals surface area contributed by atoms with Crippen molar-refractivity contribution in [2.24, 2.45) is 0 Å². The molecule has 0 unspecified atom stereocenters. The van der Waals surface area contributed by atoms with E-state index >= 15 is 0 Å². The number of aromatic carboxylic acids is 2. The SMILES string of the molecule is O=C(O)C1=CC(=C(c2ccc(O)c(C(=O)O)c2)c2cc(Br)c(O)c(C(=O)O)c2)C=CC1=O. The third kappa shape index (κ3) is 4.16. The van der Waals surface area contributed by atoms with Gasteiger partial charge in [0, 0.05) is 0 Å². The molecule has 0 fully saturated rings. The van der Waals surface area contributed by atoms with Gasteiger partial charge in [-0.15, -0.1) is 0 Å². The second kappa shape index (κ2) is 8.52. The summed E-state index contributed by atoms with van der Waals surface area (Å²) in [5.41, 5.74) is -0.781. The molecule has 9 nitrogen and oxygen atoms in total. The van der Waals surface area contributed by atoms with Crippen LogP contribution in [0.15, 0.2) is 64.2 Å². The number of aliphatic carboxylic acids is 1. The van der Waals surface area contributed by atoms with Gasteiger partial charge in [0.25, 0.3) is 0 Å². The summed E-state index contributed by atoms with van der Waals surface area (Å²) in [5.74, 6) is -6.16. The Morgan fingerprint density at radius 3 is 2.00 bits per heavy atom. The standard InChI is InChI=1S/C22H13BrO9/c23-15-8-11(7-14(19(15)26)22(31)32)18(9-1-3-16(24)12(5-9)20(27)28)10-2-4-17(25)13(6-10)21(29)30/h1-8,24,26H,(H,27,28)(H,29,30)(H,31,32). The Morgan fingerprint density at radius 1 is 0.781 bits per heavy atom. The molecule has 5 N–H and O–H groups in total. The van der Waals surface area contributed by atoms with Crippen LogP contribution >= 0.6 is 15.9 Å². The summed E-state index contributed by atoms with van der Waals surface area (Å²) >= 11 is 3.07. The molecule has 2 aromatic carbocycles. The maximum atomic E-state index is 11.9. The van der Waals surface area contributed by atoms with Crippen molar-refractivity contribution in [1.82, 2.24) is 0 Å². The van der Waals surface area contributed by atoms with E-state index in [1.807, 2.05) is 0 Å².